The topological polar surface area (TPSA) is 84.2 Å². The van der Waals surface area contributed by atoms with E-state index in [1.807, 2.05) is 0 Å². The molecule has 6 heteroatoms. The summed E-state index contributed by atoms with van der Waals surface area (Å²) >= 11 is 0. The Hall–Kier alpha value is -2.37. The molecule has 0 saturated heterocycles. The van der Waals surface area contributed by atoms with Crippen LogP contribution in [0.1, 0.15) is 32.1 Å². The van der Waals surface area contributed by atoms with Crippen LogP contribution in [0.5, 0.6) is 5.75 Å². The summed E-state index contributed by atoms with van der Waals surface area (Å²) in [5.41, 5.74) is 0.253. The summed E-state index contributed by atoms with van der Waals surface area (Å²) in [6, 6.07) is 4.26. The van der Waals surface area contributed by atoms with Crippen LogP contribution in [-0.4, -0.2) is 20.6 Å². The fourth-order valence-corrected chi connectivity index (χ4v) is 2.73. The van der Waals surface area contributed by atoms with Crippen molar-refractivity contribution in [2.75, 3.05) is 0 Å². The van der Waals surface area contributed by atoms with Gasteiger partial charge >= 0.3 is 0 Å². The highest BCUT2D eigenvalue weighted by atomic mass is 16.3. The number of hydrogen-bond donors (Lipinski definition) is 2. The van der Waals surface area contributed by atoms with Crippen LogP contribution in [0, 0.1) is 5.92 Å². The molecule has 1 amide bonds. The van der Waals surface area contributed by atoms with E-state index in [9.17, 15) is 14.7 Å². The number of nitrogens with zero attached hydrogens (tertiary/aromatic N) is 2. The number of rotatable bonds is 2. The Morgan fingerprint density at radius 2 is 2.19 bits per heavy atom. The number of aromatic nitrogens is 2. The smallest absolute Gasteiger partial charge is 0.262 e. The molecule has 1 aliphatic rings. The Balaban J connectivity index is 2.24. The fraction of sp³-hybridized carbons (Fsp3) is 0.400. The van der Waals surface area contributed by atoms with Gasteiger partial charge in [0.05, 0.1) is 16.9 Å². The van der Waals surface area contributed by atoms with Crippen molar-refractivity contribution >= 4 is 16.8 Å². The number of carbonyl (C=O) groups is 1. The highest BCUT2D eigenvalue weighted by Crippen LogP contribution is 2.24. The van der Waals surface area contributed by atoms with E-state index in [1.165, 1.54) is 16.7 Å². The largest absolute Gasteiger partial charge is 0.508 e. The van der Waals surface area contributed by atoms with Crippen molar-refractivity contribution in [3.05, 3.63) is 34.4 Å². The molecule has 1 aromatic carbocycles. The van der Waals surface area contributed by atoms with Gasteiger partial charge in [-0.3, -0.25) is 14.2 Å². The molecule has 110 valence electrons. The van der Waals surface area contributed by atoms with Gasteiger partial charge in [-0.25, -0.2) is 4.98 Å². The summed E-state index contributed by atoms with van der Waals surface area (Å²) in [5, 5.41) is 12.8. The van der Waals surface area contributed by atoms with Gasteiger partial charge in [0.2, 0.25) is 5.91 Å². The van der Waals surface area contributed by atoms with Crippen molar-refractivity contribution in [3.8, 4) is 5.75 Å². The predicted molar refractivity (Wildman–Crippen MR) is 78.0 cm³/mol. The summed E-state index contributed by atoms with van der Waals surface area (Å²) in [4.78, 5) is 28.9. The Kier molecular flexibility index (Phi) is 3.16. The van der Waals surface area contributed by atoms with Gasteiger partial charge in [-0.1, -0.05) is 13.8 Å². The molecule has 0 bridgehead atoms. The monoisotopic (exact) mass is 287 g/mol. The first kappa shape index (κ1) is 13.6. The molecule has 6 nitrogen and oxygen atoms in total. The van der Waals surface area contributed by atoms with Crippen LogP contribution >= 0.6 is 0 Å². The first-order valence-electron chi connectivity index (χ1n) is 6.98. The number of hydrogen-bond acceptors (Lipinski definition) is 4. The van der Waals surface area contributed by atoms with Gasteiger partial charge in [-0.2, -0.15) is 0 Å². The maximum absolute atomic E-state index is 12.5. The van der Waals surface area contributed by atoms with E-state index >= 15 is 0 Å². The number of aromatic hydroxyl groups is 1. The molecule has 0 saturated carbocycles. The van der Waals surface area contributed by atoms with Crippen LogP contribution in [-0.2, 0) is 11.3 Å². The fourth-order valence-electron chi connectivity index (χ4n) is 2.73. The van der Waals surface area contributed by atoms with Crippen LogP contribution in [0.25, 0.3) is 10.9 Å². The number of carbonyl (C=O) groups excluding carboxylic acids is 1. The van der Waals surface area contributed by atoms with Crippen molar-refractivity contribution in [2.24, 2.45) is 5.92 Å². The lowest BCUT2D eigenvalue weighted by atomic mass is 10.0. The van der Waals surface area contributed by atoms with E-state index in [2.05, 4.69) is 24.1 Å². The molecule has 2 heterocycles. The Morgan fingerprint density at radius 1 is 1.43 bits per heavy atom. The SMILES string of the molecule is CC(C)CC1NC(=O)Cn2c1nc1ccc(O)cc1c2=O. The molecule has 21 heavy (non-hydrogen) atoms. The zero-order valence-corrected chi connectivity index (χ0v) is 12.0. The van der Waals surface area contributed by atoms with Crippen LogP contribution in [0.3, 0.4) is 0 Å². The number of phenols is 1. The van der Waals surface area contributed by atoms with Gasteiger partial charge in [-0.05, 0) is 30.5 Å². The summed E-state index contributed by atoms with van der Waals surface area (Å²) in [6.07, 6.45) is 0.724. The van der Waals surface area contributed by atoms with E-state index in [0.717, 1.165) is 6.42 Å². The predicted octanol–water partition coefficient (Wildman–Crippen LogP) is 1.32. The molecule has 0 fully saturated rings. The first-order valence-corrected chi connectivity index (χ1v) is 6.98. The Morgan fingerprint density at radius 3 is 2.90 bits per heavy atom. The summed E-state index contributed by atoms with van der Waals surface area (Å²) in [5.74, 6) is 0.790. The van der Waals surface area contributed by atoms with E-state index in [0.29, 0.717) is 22.6 Å². The van der Waals surface area contributed by atoms with Crippen LogP contribution in [0.2, 0.25) is 0 Å². The average molecular weight is 287 g/mol. The van der Waals surface area contributed by atoms with Gasteiger partial charge in [0.1, 0.15) is 18.1 Å². The maximum Gasteiger partial charge on any atom is 0.262 e. The van der Waals surface area contributed by atoms with Crippen LogP contribution in [0.15, 0.2) is 23.0 Å². The van der Waals surface area contributed by atoms with Crippen LogP contribution < -0.4 is 10.9 Å². The third kappa shape index (κ3) is 2.37. The number of nitrogens with one attached hydrogen (secondary N) is 1. The molecule has 2 N–H and O–H groups in total. The van der Waals surface area contributed by atoms with Gasteiger partial charge < -0.3 is 10.4 Å². The van der Waals surface area contributed by atoms with Gasteiger partial charge in [0.25, 0.3) is 5.56 Å². The van der Waals surface area contributed by atoms with E-state index in [4.69, 9.17) is 0 Å². The second kappa shape index (κ2) is 4.87. The zero-order chi connectivity index (χ0) is 15.1. The standard InChI is InChI=1S/C15H17N3O3/c1-8(2)5-12-14-17-11-4-3-9(19)6-10(11)15(21)18(14)7-13(20)16-12/h3-4,6,8,12,19H,5,7H2,1-2H3,(H,16,20). The molecule has 3 rings (SSSR count). The zero-order valence-electron chi connectivity index (χ0n) is 12.0. The summed E-state index contributed by atoms with van der Waals surface area (Å²) in [7, 11) is 0. The minimum atomic E-state index is -0.283. The molecule has 1 unspecified atom stereocenters. The molecule has 0 spiro atoms. The van der Waals surface area contributed by atoms with E-state index in [1.54, 1.807) is 6.07 Å². The van der Waals surface area contributed by atoms with Gasteiger partial charge in [-0.15, -0.1) is 0 Å². The van der Waals surface area contributed by atoms with Crippen molar-refractivity contribution in [1.29, 1.82) is 0 Å². The van der Waals surface area contributed by atoms with Crippen molar-refractivity contribution in [1.82, 2.24) is 14.9 Å². The highest BCUT2D eigenvalue weighted by Gasteiger charge is 2.28. The normalized spacial score (nSPS) is 17.9. The lowest BCUT2D eigenvalue weighted by Crippen LogP contribution is -2.44. The Bertz CT molecular complexity index is 780. The lowest BCUT2D eigenvalue weighted by Gasteiger charge is -2.28. The molecule has 0 radical (unpaired) electrons. The lowest BCUT2D eigenvalue weighted by molar-refractivity contribution is -0.123. The van der Waals surface area contributed by atoms with E-state index in [-0.39, 0.29) is 29.8 Å². The number of benzene rings is 1. The molecule has 1 aromatic heterocycles. The van der Waals surface area contributed by atoms with Crippen molar-refractivity contribution < 1.29 is 9.90 Å². The van der Waals surface area contributed by atoms with Crippen molar-refractivity contribution in [3.63, 3.8) is 0 Å². The minimum Gasteiger partial charge on any atom is -0.508 e. The second-order valence-electron chi connectivity index (χ2n) is 5.81. The number of amides is 1. The molecule has 2 aromatic rings. The molecule has 1 atom stereocenters. The Labute approximate surface area is 121 Å². The van der Waals surface area contributed by atoms with Gasteiger partial charge in [0, 0.05) is 0 Å². The minimum absolute atomic E-state index is 0.0148. The third-order valence-electron chi connectivity index (χ3n) is 3.62. The molecular formula is C15H17N3O3. The van der Waals surface area contributed by atoms with E-state index < -0.39 is 0 Å². The van der Waals surface area contributed by atoms with Crippen LogP contribution in [0.4, 0.5) is 0 Å². The number of phenolic OH excluding ortho intramolecular Hbond substituents is 1. The quantitative estimate of drug-likeness (QED) is 0.872. The third-order valence-corrected chi connectivity index (χ3v) is 3.62. The summed E-state index contributed by atoms with van der Waals surface area (Å²) in [6.45, 7) is 4.09. The van der Waals surface area contributed by atoms with Crippen molar-refractivity contribution in [2.45, 2.75) is 32.9 Å². The molecule has 1 aliphatic heterocycles. The highest BCUT2D eigenvalue weighted by molar-refractivity contribution is 5.81. The average Bonchev–Trinajstić information content (AvgIpc) is 2.40. The number of fused-ring (bicyclic) bond motifs is 2. The first-order chi connectivity index (χ1) is 9.95. The summed E-state index contributed by atoms with van der Waals surface area (Å²) < 4.78 is 1.41. The van der Waals surface area contributed by atoms with Gasteiger partial charge in [0.15, 0.2) is 0 Å². The molecule has 0 aliphatic carbocycles. The molecular weight excluding hydrogens is 270 g/mol. The maximum atomic E-state index is 12.5. The second-order valence-corrected chi connectivity index (χ2v) is 5.81.